The number of amides is 1. The Kier molecular flexibility index (Phi) is 12.8. The molecule has 1 rings (SSSR count). The van der Waals surface area contributed by atoms with Crippen molar-refractivity contribution in [1.82, 2.24) is 4.90 Å². The maximum atomic E-state index is 10.4. The average molecular weight is 267 g/mol. The van der Waals surface area contributed by atoms with E-state index in [4.69, 9.17) is 9.47 Å². The Bertz CT molecular complexity index is 185. The summed E-state index contributed by atoms with van der Waals surface area (Å²) in [5.41, 5.74) is 0. The summed E-state index contributed by atoms with van der Waals surface area (Å²) in [5, 5.41) is 0. The monoisotopic (exact) mass is 267 g/mol. The second-order valence-electron chi connectivity index (χ2n) is 4.11. The smallest absolute Gasteiger partial charge is 0.520 e. The summed E-state index contributed by atoms with van der Waals surface area (Å²) in [6.07, 6.45) is 6.34. The molecule has 0 radical (unpaired) electrons. The first-order chi connectivity index (χ1) is 7.86. The summed E-state index contributed by atoms with van der Waals surface area (Å²) < 4.78 is 11.1. The molecule has 0 saturated carbocycles. The van der Waals surface area contributed by atoms with Crippen LogP contribution in [0.15, 0.2) is 0 Å². The number of hydrogen-bond acceptors (Lipinski definition) is 3. The van der Waals surface area contributed by atoms with Crippen LogP contribution in [0.1, 0.15) is 32.6 Å². The topological polar surface area (TPSA) is 38.8 Å². The van der Waals surface area contributed by atoms with Crippen LogP contribution in [0.25, 0.3) is 0 Å². The summed E-state index contributed by atoms with van der Waals surface area (Å²) >= 11 is 0. The standard InChI is InChI=1S/C12H22NO3.K/c1-2-3-8-15-9-10-16-12-4-6-13(11-14)7-5-12;/h12H,2-10H2,1H3;/q-1;+1. The van der Waals surface area contributed by atoms with Crippen molar-refractivity contribution in [2.45, 2.75) is 38.7 Å². The van der Waals surface area contributed by atoms with Crippen LogP contribution in [-0.2, 0) is 14.3 Å². The molecule has 0 bridgehead atoms. The van der Waals surface area contributed by atoms with Crippen LogP contribution in [0.2, 0.25) is 0 Å². The van der Waals surface area contributed by atoms with Crippen molar-refractivity contribution in [3.63, 3.8) is 0 Å². The van der Waals surface area contributed by atoms with Crippen LogP contribution in [0.5, 0.6) is 0 Å². The van der Waals surface area contributed by atoms with Crippen LogP contribution >= 0.6 is 0 Å². The summed E-state index contributed by atoms with van der Waals surface area (Å²) in [7, 11) is 0. The molecule has 5 heteroatoms. The molecule has 1 aliphatic rings. The number of carbonyl (C=O) groups excluding carboxylic acids is 1. The van der Waals surface area contributed by atoms with Gasteiger partial charge in [0.2, 0.25) is 0 Å². The van der Waals surface area contributed by atoms with E-state index in [9.17, 15) is 4.79 Å². The Labute approximate surface area is 147 Å². The third-order valence-corrected chi connectivity index (χ3v) is 2.79. The van der Waals surface area contributed by atoms with E-state index < -0.39 is 0 Å². The third-order valence-electron chi connectivity index (χ3n) is 2.79. The molecule has 1 fully saturated rings. The van der Waals surface area contributed by atoms with E-state index in [0.717, 1.165) is 39.0 Å². The number of piperidine rings is 1. The molecule has 0 spiro atoms. The molecule has 4 nitrogen and oxygen atoms in total. The fourth-order valence-corrected chi connectivity index (χ4v) is 1.74. The van der Waals surface area contributed by atoms with E-state index in [1.165, 1.54) is 6.42 Å². The third kappa shape index (κ3) is 8.70. The normalized spacial score (nSPS) is 16.6. The van der Waals surface area contributed by atoms with Gasteiger partial charge in [-0.05, 0) is 32.4 Å². The summed E-state index contributed by atoms with van der Waals surface area (Å²) in [5.74, 6) is 0. The van der Waals surface area contributed by atoms with E-state index in [1.54, 1.807) is 4.90 Å². The van der Waals surface area contributed by atoms with Gasteiger partial charge in [-0.3, -0.25) is 0 Å². The first kappa shape index (κ1) is 18.0. The van der Waals surface area contributed by atoms with Crippen molar-refractivity contribution in [3.05, 3.63) is 0 Å². The largest absolute Gasteiger partial charge is 1.00 e. The molecule has 0 aliphatic carbocycles. The molecule has 0 unspecified atom stereocenters. The predicted octanol–water partition coefficient (Wildman–Crippen LogP) is -1.64. The minimum atomic E-state index is 0. The van der Waals surface area contributed by atoms with Crippen molar-refractivity contribution in [2.24, 2.45) is 0 Å². The van der Waals surface area contributed by atoms with Gasteiger partial charge in [-0.25, -0.2) is 0 Å². The molecule has 0 aromatic carbocycles. The molecule has 0 aromatic rings. The minimum Gasteiger partial charge on any atom is -0.520 e. The predicted molar refractivity (Wildman–Crippen MR) is 62.0 cm³/mol. The maximum Gasteiger partial charge on any atom is 1.00 e. The molecule has 94 valence electrons. The fraction of sp³-hybridized carbons (Fsp3) is 0.917. The molecule has 1 aliphatic heterocycles. The first-order valence-corrected chi connectivity index (χ1v) is 6.19. The Hall–Kier alpha value is 1.03. The van der Waals surface area contributed by atoms with Gasteiger partial charge in [0, 0.05) is 6.61 Å². The van der Waals surface area contributed by atoms with Crippen molar-refractivity contribution < 1.29 is 65.7 Å². The van der Waals surface area contributed by atoms with Gasteiger partial charge in [-0.15, -0.1) is 0 Å². The van der Waals surface area contributed by atoms with Gasteiger partial charge in [-0.1, -0.05) is 13.3 Å². The second kappa shape index (κ2) is 12.1. The van der Waals surface area contributed by atoms with E-state index in [1.807, 2.05) is 6.41 Å². The van der Waals surface area contributed by atoms with Gasteiger partial charge in [0.05, 0.1) is 19.3 Å². The number of unbranched alkanes of at least 4 members (excludes halogenated alkanes) is 1. The van der Waals surface area contributed by atoms with Gasteiger partial charge in [0.1, 0.15) is 0 Å². The zero-order valence-corrected chi connectivity index (χ0v) is 14.2. The zero-order chi connectivity index (χ0) is 11.6. The Balaban J connectivity index is 0.00000256. The Morgan fingerprint density at radius 2 is 1.94 bits per heavy atom. The summed E-state index contributed by atoms with van der Waals surface area (Å²) in [4.78, 5) is 12.0. The van der Waals surface area contributed by atoms with Crippen molar-refractivity contribution in [1.29, 1.82) is 0 Å². The SMILES string of the molecule is CCCCOCCOC1CCN([C-]=O)CC1.[K+]. The van der Waals surface area contributed by atoms with E-state index in [0.29, 0.717) is 19.3 Å². The molecule has 0 N–H and O–H groups in total. The number of ether oxygens (including phenoxy) is 2. The number of nitrogens with zero attached hydrogens (tertiary/aromatic N) is 1. The van der Waals surface area contributed by atoms with Crippen molar-refractivity contribution in [3.8, 4) is 0 Å². The molecule has 1 saturated heterocycles. The van der Waals surface area contributed by atoms with Crippen LogP contribution in [-0.4, -0.2) is 50.3 Å². The molecule has 1 amide bonds. The van der Waals surface area contributed by atoms with Crippen LogP contribution in [0.4, 0.5) is 0 Å². The molecule has 17 heavy (non-hydrogen) atoms. The Morgan fingerprint density at radius 1 is 1.24 bits per heavy atom. The number of likely N-dealkylation sites (tertiary alicyclic amines) is 1. The number of rotatable bonds is 8. The van der Waals surface area contributed by atoms with E-state index in [2.05, 4.69) is 6.92 Å². The molecule has 1 heterocycles. The van der Waals surface area contributed by atoms with Gasteiger partial charge < -0.3 is 19.2 Å². The summed E-state index contributed by atoms with van der Waals surface area (Å²) in [6.45, 7) is 5.87. The van der Waals surface area contributed by atoms with E-state index in [-0.39, 0.29) is 51.4 Å². The van der Waals surface area contributed by atoms with Crippen LogP contribution in [0, 0.1) is 0 Å². The average Bonchev–Trinajstić information content (AvgIpc) is 2.34. The molecule has 0 aromatic heterocycles. The molecule has 0 atom stereocenters. The van der Waals surface area contributed by atoms with Gasteiger partial charge >= 0.3 is 51.4 Å². The van der Waals surface area contributed by atoms with Crippen molar-refractivity contribution >= 4 is 6.41 Å². The van der Waals surface area contributed by atoms with Gasteiger partial charge in [0.15, 0.2) is 0 Å². The second-order valence-corrected chi connectivity index (χ2v) is 4.11. The van der Waals surface area contributed by atoms with Gasteiger partial charge in [-0.2, -0.15) is 6.41 Å². The zero-order valence-electron chi connectivity index (χ0n) is 11.1. The van der Waals surface area contributed by atoms with Crippen LogP contribution < -0.4 is 51.4 Å². The van der Waals surface area contributed by atoms with Gasteiger partial charge in [0.25, 0.3) is 0 Å². The number of hydrogen-bond donors (Lipinski definition) is 0. The minimum absolute atomic E-state index is 0. The summed E-state index contributed by atoms with van der Waals surface area (Å²) in [6, 6.07) is 0. The van der Waals surface area contributed by atoms with Crippen molar-refractivity contribution in [2.75, 3.05) is 32.9 Å². The fourth-order valence-electron chi connectivity index (χ4n) is 1.74. The van der Waals surface area contributed by atoms with Crippen LogP contribution in [0.3, 0.4) is 0 Å². The quantitative estimate of drug-likeness (QED) is 0.301. The molecular formula is C12H22KNO3. The maximum absolute atomic E-state index is 10.4. The van der Waals surface area contributed by atoms with E-state index >= 15 is 0 Å². The molecular weight excluding hydrogens is 245 g/mol. The first-order valence-electron chi connectivity index (χ1n) is 6.19. The Morgan fingerprint density at radius 3 is 2.53 bits per heavy atom.